The molecular formula is C16H22N4O2. The van der Waals surface area contributed by atoms with Crippen molar-refractivity contribution in [1.29, 1.82) is 0 Å². The lowest BCUT2D eigenvalue weighted by atomic mass is 10.1. The summed E-state index contributed by atoms with van der Waals surface area (Å²) < 4.78 is 1.71. The Kier molecular flexibility index (Phi) is 3.78. The topological polar surface area (TPSA) is 69.9 Å². The van der Waals surface area contributed by atoms with E-state index >= 15 is 0 Å². The van der Waals surface area contributed by atoms with Crippen LogP contribution in [0.1, 0.15) is 37.0 Å². The fourth-order valence-corrected chi connectivity index (χ4v) is 2.71. The largest absolute Gasteiger partial charge is 0.389 e. The summed E-state index contributed by atoms with van der Waals surface area (Å²) in [5.41, 5.74) is 1.52. The number of hydrogen-bond donors (Lipinski definition) is 2. The summed E-state index contributed by atoms with van der Waals surface area (Å²) in [7, 11) is 0. The molecule has 1 aliphatic rings. The molecule has 2 N–H and O–H groups in total. The van der Waals surface area contributed by atoms with Crippen molar-refractivity contribution in [3.8, 4) is 0 Å². The molecule has 0 bridgehead atoms. The first-order valence-electron chi connectivity index (χ1n) is 7.67. The number of nitrogens with zero attached hydrogens (tertiary/aromatic N) is 3. The zero-order chi connectivity index (χ0) is 15.7. The van der Waals surface area contributed by atoms with E-state index in [9.17, 15) is 9.90 Å². The van der Waals surface area contributed by atoms with Crippen molar-refractivity contribution >= 4 is 17.1 Å². The van der Waals surface area contributed by atoms with Gasteiger partial charge in [-0.05, 0) is 38.8 Å². The van der Waals surface area contributed by atoms with Crippen LogP contribution >= 0.6 is 0 Å². The molecule has 6 heteroatoms. The minimum absolute atomic E-state index is 0.203. The second kappa shape index (κ2) is 5.61. The van der Waals surface area contributed by atoms with Crippen LogP contribution in [-0.4, -0.2) is 45.9 Å². The number of rotatable bonds is 4. The summed E-state index contributed by atoms with van der Waals surface area (Å²) in [6.07, 6.45) is 5.88. The van der Waals surface area contributed by atoms with Crippen LogP contribution < -0.4 is 10.2 Å². The number of amides is 1. The number of pyridine rings is 1. The van der Waals surface area contributed by atoms with E-state index in [0.29, 0.717) is 5.56 Å². The maximum Gasteiger partial charge on any atom is 0.255 e. The molecule has 22 heavy (non-hydrogen) atoms. The fraction of sp³-hybridized carbons (Fsp3) is 0.500. The van der Waals surface area contributed by atoms with Crippen LogP contribution in [0.5, 0.6) is 0 Å². The lowest BCUT2D eigenvalue weighted by Crippen LogP contribution is -2.38. The maximum atomic E-state index is 12.3. The Labute approximate surface area is 129 Å². The highest BCUT2D eigenvalue weighted by atomic mass is 16.3. The van der Waals surface area contributed by atoms with Gasteiger partial charge in [0.15, 0.2) is 0 Å². The molecule has 0 atom stereocenters. The molecule has 118 valence electrons. The van der Waals surface area contributed by atoms with E-state index in [-0.39, 0.29) is 12.5 Å². The van der Waals surface area contributed by atoms with Crippen molar-refractivity contribution in [3.05, 3.63) is 30.1 Å². The number of fused-ring (bicyclic) bond motifs is 1. The molecule has 1 fully saturated rings. The van der Waals surface area contributed by atoms with Gasteiger partial charge in [0.25, 0.3) is 5.91 Å². The zero-order valence-corrected chi connectivity index (χ0v) is 13.0. The van der Waals surface area contributed by atoms with Gasteiger partial charge in [-0.1, -0.05) is 0 Å². The first-order valence-corrected chi connectivity index (χ1v) is 7.67. The van der Waals surface area contributed by atoms with Crippen molar-refractivity contribution in [3.63, 3.8) is 0 Å². The Balaban J connectivity index is 1.86. The van der Waals surface area contributed by atoms with Gasteiger partial charge in [-0.25, -0.2) is 4.52 Å². The average molecular weight is 302 g/mol. The summed E-state index contributed by atoms with van der Waals surface area (Å²) in [4.78, 5) is 14.6. The molecule has 0 unspecified atom stereocenters. The summed E-state index contributed by atoms with van der Waals surface area (Å²) >= 11 is 0. The SMILES string of the molecule is CC(C)(O)CNC(=O)c1cnn2ccc(N3CCCC3)cc12. The predicted molar refractivity (Wildman–Crippen MR) is 85.3 cm³/mol. The Bertz CT molecular complexity index is 681. The summed E-state index contributed by atoms with van der Waals surface area (Å²) in [5, 5.41) is 16.7. The molecule has 3 rings (SSSR count). The molecule has 0 saturated carbocycles. The van der Waals surface area contributed by atoms with Crippen LogP contribution in [-0.2, 0) is 0 Å². The fourth-order valence-electron chi connectivity index (χ4n) is 2.71. The van der Waals surface area contributed by atoms with Crippen molar-refractivity contribution in [2.45, 2.75) is 32.3 Å². The Morgan fingerprint density at radius 3 is 2.82 bits per heavy atom. The third kappa shape index (κ3) is 3.06. The highest BCUT2D eigenvalue weighted by molar-refractivity contribution is 6.01. The molecule has 0 spiro atoms. The van der Waals surface area contributed by atoms with E-state index in [1.54, 1.807) is 24.6 Å². The van der Waals surface area contributed by atoms with Crippen LogP contribution in [0, 0.1) is 0 Å². The van der Waals surface area contributed by atoms with Crippen molar-refractivity contribution < 1.29 is 9.90 Å². The zero-order valence-electron chi connectivity index (χ0n) is 13.0. The molecule has 0 radical (unpaired) electrons. The monoisotopic (exact) mass is 302 g/mol. The van der Waals surface area contributed by atoms with Gasteiger partial charge in [0.05, 0.1) is 22.9 Å². The van der Waals surface area contributed by atoms with Crippen LogP contribution in [0.4, 0.5) is 5.69 Å². The van der Waals surface area contributed by atoms with Crippen molar-refractivity contribution in [2.75, 3.05) is 24.5 Å². The number of anilines is 1. The van der Waals surface area contributed by atoms with Gasteiger partial charge in [-0.3, -0.25) is 4.79 Å². The van der Waals surface area contributed by atoms with Crippen LogP contribution in [0.25, 0.3) is 5.52 Å². The average Bonchev–Trinajstić information content (AvgIpc) is 3.12. The number of carbonyl (C=O) groups excluding carboxylic acids is 1. The van der Waals surface area contributed by atoms with Gasteiger partial charge in [0.1, 0.15) is 0 Å². The standard InChI is InChI=1S/C16H22N4O2/c1-16(2,22)11-17-15(21)13-10-18-20-8-5-12(9-14(13)20)19-6-3-4-7-19/h5,8-10,22H,3-4,6-7,11H2,1-2H3,(H,17,21). The summed E-state index contributed by atoms with van der Waals surface area (Å²) in [5.74, 6) is -0.212. The molecule has 2 aromatic heterocycles. The molecule has 0 aliphatic carbocycles. The lowest BCUT2D eigenvalue weighted by Gasteiger charge is -2.18. The van der Waals surface area contributed by atoms with Crippen LogP contribution in [0.3, 0.4) is 0 Å². The molecule has 6 nitrogen and oxygen atoms in total. The van der Waals surface area contributed by atoms with Gasteiger partial charge in [-0.15, -0.1) is 0 Å². The number of hydrogen-bond acceptors (Lipinski definition) is 4. The van der Waals surface area contributed by atoms with E-state index in [2.05, 4.69) is 15.3 Å². The number of aliphatic hydroxyl groups is 1. The van der Waals surface area contributed by atoms with E-state index < -0.39 is 5.60 Å². The van der Waals surface area contributed by atoms with Gasteiger partial charge in [-0.2, -0.15) is 5.10 Å². The van der Waals surface area contributed by atoms with Gasteiger partial charge in [0.2, 0.25) is 0 Å². The summed E-state index contributed by atoms with van der Waals surface area (Å²) in [6.45, 7) is 5.65. The van der Waals surface area contributed by atoms with E-state index in [1.165, 1.54) is 12.8 Å². The van der Waals surface area contributed by atoms with Gasteiger partial charge < -0.3 is 15.3 Å². The van der Waals surface area contributed by atoms with E-state index in [1.807, 2.05) is 18.3 Å². The highest BCUT2D eigenvalue weighted by Crippen LogP contribution is 2.23. The van der Waals surface area contributed by atoms with E-state index in [4.69, 9.17) is 0 Å². The first kappa shape index (κ1) is 14.8. The predicted octanol–water partition coefficient (Wildman–Crippen LogP) is 1.44. The minimum Gasteiger partial charge on any atom is -0.389 e. The van der Waals surface area contributed by atoms with Crippen molar-refractivity contribution in [1.82, 2.24) is 14.9 Å². The van der Waals surface area contributed by atoms with Gasteiger partial charge >= 0.3 is 0 Å². The molecule has 1 aliphatic heterocycles. The number of aromatic nitrogens is 2. The number of nitrogens with one attached hydrogen (secondary N) is 1. The quantitative estimate of drug-likeness (QED) is 0.896. The molecule has 1 amide bonds. The van der Waals surface area contributed by atoms with Crippen LogP contribution in [0.15, 0.2) is 24.5 Å². The Morgan fingerprint density at radius 2 is 2.14 bits per heavy atom. The summed E-state index contributed by atoms with van der Waals surface area (Å²) in [6, 6.07) is 4.04. The third-order valence-corrected chi connectivity index (χ3v) is 3.90. The molecule has 1 saturated heterocycles. The highest BCUT2D eigenvalue weighted by Gasteiger charge is 2.19. The second-order valence-corrected chi connectivity index (χ2v) is 6.46. The van der Waals surface area contributed by atoms with Gasteiger partial charge in [0, 0.05) is 31.5 Å². The maximum absolute atomic E-state index is 12.3. The number of carbonyl (C=O) groups is 1. The second-order valence-electron chi connectivity index (χ2n) is 6.46. The minimum atomic E-state index is -0.931. The molecule has 3 heterocycles. The van der Waals surface area contributed by atoms with Crippen LogP contribution in [0.2, 0.25) is 0 Å². The molecule has 0 aromatic carbocycles. The lowest BCUT2D eigenvalue weighted by molar-refractivity contribution is 0.0695. The molecular weight excluding hydrogens is 280 g/mol. The normalized spacial score (nSPS) is 15.5. The third-order valence-electron chi connectivity index (χ3n) is 3.90. The first-order chi connectivity index (χ1) is 10.4. The Morgan fingerprint density at radius 1 is 1.41 bits per heavy atom. The smallest absolute Gasteiger partial charge is 0.255 e. The van der Waals surface area contributed by atoms with Crippen molar-refractivity contribution in [2.24, 2.45) is 0 Å². The Hall–Kier alpha value is -2.08. The van der Waals surface area contributed by atoms with E-state index in [0.717, 1.165) is 24.3 Å². The molecule has 2 aromatic rings.